The maximum absolute atomic E-state index is 12.4. The molecule has 1 fully saturated rings. The first kappa shape index (κ1) is 20.7. The lowest BCUT2D eigenvalue weighted by Crippen LogP contribution is -2.49. The van der Waals surface area contributed by atoms with E-state index in [9.17, 15) is 21.6 Å². The monoisotopic (exact) mass is 428 g/mol. The molecule has 1 aromatic carbocycles. The molecule has 3 rings (SSSR count). The Kier molecular flexibility index (Phi) is 6.06. The molecule has 0 radical (unpaired) electrons. The van der Waals surface area contributed by atoms with E-state index in [4.69, 9.17) is 0 Å². The zero-order chi connectivity index (χ0) is 20.4. The maximum Gasteiger partial charge on any atom is 0.263 e. The fourth-order valence-electron chi connectivity index (χ4n) is 3.19. The van der Waals surface area contributed by atoms with Gasteiger partial charge in [0.1, 0.15) is 15.7 Å². The predicted molar refractivity (Wildman–Crippen MR) is 106 cm³/mol. The Labute approximate surface area is 165 Å². The van der Waals surface area contributed by atoms with Crippen molar-refractivity contribution in [1.82, 2.24) is 14.5 Å². The van der Waals surface area contributed by atoms with Gasteiger partial charge in [0, 0.05) is 51.0 Å². The van der Waals surface area contributed by atoms with Gasteiger partial charge in [-0.3, -0.25) is 19.4 Å². The second-order valence-electron chi connectivity index (χ2n) is 6.93. The molecule has 0 spiro atoms. The summed E-state index contributed by atoms with van der Waals surface area (Å²) in [4.78, 5) is 20.6. The van der Waals surface area contributed by atoms with Crippen LogP contribution in [0.15, 0.2) is 34.2 Å². The first-order chi connectivity index (χ1) is 13.2. The van der Waals surface area contributed by atoms with Crippen molar-refractivity contribution in [2.75, 3.05) is 51.3 Å². The van der Waals surface area contributed by atoms with Crippen molar-refractivity contribution in [2.24, 2.45) is 4.99 Å². The van der Waals surface area contributed by atoms with Gasteiger partial charge >= 0.3 is 0 Å². The van der Waals surface area contributed by atoms with E-state index < -0.39 is 19.9 Å². The Morgan fingerprint density at radius 3 is 2.54 bits per heavy atom. The van der Waals surface area contributed by atoms with Crippen molar-refractivity contribution in [2.45, 2.75) is 11.3 Å². The molecule has 154 valence electrons. The van der Waals surface area contributed by atoms with Crippen LogP contribution in [0.25, 0.3) is 0 Å². The van der Waals surface area contributed by atoms with Crippen LogP contribution >= 0.6 is 0 Å². The van der Waals surface area contributed by atoms with Gasteiger partial charge in [-0.2, -0.15) is 0 Å². The largest absolute Gasteiger partial charge is 0.340 e. The van der Waals surface area contributed by atoms with Gasteiger partial charge in [0.15, 0.2) is 0 Å². The van der Waals surface area contributed by atoms with Crippen molar-refractivity contribution in [3.8, 4) is 0 Å². The van der Waals surface area contributed by atoms with E-state index in [1.54, 1.807) is 23.1 Å². The van der Waals surface area contributed by atoms with E-state index in [1.165, 1.54) is 12.3 Å². The molecule has 1 aromatic rings. The van der Waals surface area contributed by atoms with Crippen molar-refractivity contribution in [3.63, 3.8) is 0 Å². The number of sulfonamides is 1. The zero-order valence-corrected chi connectivity index (χ0v) is 17.3. The summed E-state index contributed by atoms with van der Waals surface area (Å²) in [6.45, 7) is 3.06. The topological polar surface area (TPSA) is 116 Å². The first-order valence-corrected chi connectivity index (χ1v) is 12.5. The third kappa shape index (κ3) is 5.09. The SMILES string of the molecule is CS(=O)(=O)CCN1CCN(C(=O)CCN=C2NS(=O)(=O)c3ccccc32)CC1. The minimum Gasteiger partial charge on any atom is -0.340 e. The number of amides is 1. The second kappa shape index (κ2) is 8.18. The minimum absolute atomic E-state index is 0.0405. The van der Waals surface area contributed by atoms with Crippen LogP contribution in [0.2, 0.25) is 0 Å². The van der Waals surface area contributed by atoms with Crippen molar-refractivity contribution < 1.29 is 21.6 Å². The van der Waals surface area contributed by atoms with Crippen LogP contribution < -0.4 is 4.72 Å². The minimum atomic E-state index is -3.57. The van der Waals surface area contributed by atoms with Crippen LogP contribution in [0.3, 0.4) is 0 Å². The average molecular weight is 429 g/mol. The van der Waals surface area contributed by atoms with Gasteiger partial charge < -0.3 is 4.90 Å². The molecule has 2 heterocycles. The number of carbonyl (C=O) groups excluding carboxylic acids is 1. The van der Waals surface area contributed by atoms with E-state index >= 15 is 0 Å². The molecule has 2 aliphatic heterocycles. The number of aliphatic imine (C=N–C) groups is 1. The molecular weight excluding hydrogens is 404 g/mol. The fraction of sp³-hybridized carbons (Fsp3) is 0.529. The number of benzene rings is 1. The Morgan fingerprint density at radius 1 is 1.18 bits per heavy atom. The highest BCUT2D eigenvalue weighted by atomic mass is 32.2. The summed E-state index contributed by atoms with van der Waals surface area (Å²) in [5.41, 5.74) is 0.523. The summed E-state index contributed by atoms with van der Waals surface area (Å²) < 4.78 is 49.0. The van der Waals surface area contributed by atoms with Gasteiger partial charge in [0.2, 0.25) is 5.91 Å². The van der Waals surface area contributed by atoms with E-state index in [0.29, 0.717) is 38.3 Å². The third-order valence-corrected chi connectivity index (χ3v) is 7.08. The molecule has 0 saturated carbocycles. The molecule has 2 aliphatic rings. The highest BCUT2D eigenvalue weighted by Gasteiger charge is 2.30. The van der Waals surface area contributed by atoms with Gasteiger partial charge in [0.05, 0.1) is 17.2 Å². The molecule has 1 amide bonds. The molecule has 0 unspecified atom stereocenters. The summed E-state index contributed by atoms with van der Waals surface area (Å²) in [5, 5.41) is 0. The molecule has 0 bridgehead atoms. The third-order valence-electron chi connectivity index (χ3n) is 4.76. The van der Waals surface area contributed by atoms with Crippen LogP contribution in [-0.2, 0) is 24.7 Å². The smallest absolute Gasteiger partial charge is 0.263 e. The second-order valence-corrected chi connectivity index (χ2v) is 10.8. The zero-order valence-electron chi connectivity index (χ0n) is 15.7. The van der Waals surface area contributed by atoms with Gasteiger partial charge in [-0.15, -0.1) is 0 Å². The Hall–Kier alpha value is -1.98. The van der Waals surface area contributed by atoms with E-state index in [-0.39, 0.29) is 35.4 Å². The van der Waals surface area contributed by atoms with Crippen LogP contribution in [0, 0.1) is 0 Å². The first-order valence-electron chi connectivity index (χ1n) is 9.00. The normalized spacial score (nSPS) is 20.8. The number of piperazine rings is 1. The molecule has 9 nitrogen and oxygen atoms in total. The molecule has 11 heteroatoms. The number of carbonyl (C=O) groups is 1. The summed E-state index contributed by atoms with van der Waals surface area (Å²) >= 11 is 0. The highest BCUT2D eigenvalue weighted by Crippen LogP contribution is 2.22. The van der Waals surface area contributed by atoms with Crippen molar-refractivity contribution in [3.05, 3.63) is 29.8 Å². The number of rotatable bonds is 6. The Balaban J connectivity index is 1.49. The highest BCUT2D eigenvalue weighted by molar-refractivity contribution is 7.91. The summed E-state index contributed by atoms with van der Waals surface area (Å²) in [6.07, 6.45) is 1.41. The molecule has 28 heavy (non-hydrogen) atoms. The van der Waals surface area contributed by atoms with Gasteiger partial charge in [0.25, 0.3) is 10.0 Å². The molecule has 1 N–H and O–H groups in total. The average Bonchev–Trinajstić information content (AvgIpc) is 2.91. The summed E-state index contributed by atoms with van der Waals surface area (Å²) in [6, 6.07) is 6.60. The van der Waals surface area contributed by atoms with E-state index in [1.807, 2.05) is 4.90 Å². The fourth-order valence-corrected chi connectivity index (χ4v) is 5.03. The molecule has 0 aromatic heterocycles. The number of amidine groups is 1. The van der Waals surface area contributed by atoms with Crippen molar-refractivity contribution in [1.29, 1.82) is 0 Å². The Bertz CT molecular complexity index is 981. The summed E-state index contributed by atoms with van der Waals surface area (Å²) in [7, 11) is -6.56. The van der Waals surface area contributed by atoms with Crippen LogP contribution in [-0.4, -0.2) is 89.7 Å². The standard InChI is InChI=1S/C17H24N4O5S2/c1-27(23,24)13-12-20-8-10-21(11-9-20)16(22)6-7-18-17-14-4-2-3-5-15(14)28(25,26)19-17/h2-5H,6-13H2,1H3,(H,18,19). The number of sulfone groups is 1. The lowest BCUT2D eigenvalue weighted by atomic mass is 10.2. The van der Waals surface area contributed by atoms with Crippen LogP contribution in [0.1, 0.15) is 12.0 Å². The van der Waals surface area contributed by atoms with Gasteiger partial charge in [-0.25, -0.2) is 16.8 Å². The number of hydrogen-bond acceptors (Lipinski definition) is 7. The van der Waals surface area contributed by atoms with E-state index in [2.05, 4.69) is 9.71 Å². The summed E-state index contributed by atoms with van der Waals surface area (Å²) in [5.74, 6) is 0.353. The molecular formula is C17H24N4O5S2. The lowest BCUT2D eigenvalue weighted by Gasteiger charge is -2.34. The van der Waals surface area contributed by atoms with Crippen LogP contribution in [0.4, 0.5) is 0 Å². The van der Waals surface area contributed by atoms with E-state index in [0.717, 1.165) is 0 Å². The number of hydrogen-bond donors (Lipinski definition) is 1. The quantitative estimate of drug-likeness (QED) is 0.641. The molecule has 0 aliphatic carbocycles. The van der Waals surface area contributed by atoms with Crippen LogP contribution in [0.5, 0.6) is 0 Å². The molecule has 1 saturated heterocycles. The van der Waals surface area contributed by atoms with Gasteiger partial charge in [-0.1, -0.05) is 12.1 Å². The van der Waals surface area contributed by atoms with Crippen molar-refractivity contribution >= 4 is 31.6 Å². The number of nitrogens with zero attached hydrogens (tertiary/aromatic N) is 3. The molecule has 0 atom stereocenters. The number of nitrogens with one attached hydrogen (secondary N) is 1. The lowest BCUT2D eigenvalue weighted by molar-refractivity contribution is -0.132. The maximum atomic E-state index is 12.4. The number of fused-ring (bicyclic) bond motifs is 1. The van der Waals surface area contributed by atoms with Gasteiger partial charge in [-0.05, 0) is 12.1 Å². The predicted octanol–water partition coefficient (Wildman–Crippen LogP) is -0.696. The Morgan fingerprint density at radius 2 is 1.86 bits per heavy atom.